The van der Waals surface area contributed by atoms with Crippen molar-refractivity contribution in [2.24, 2.45) is 22.2 Å². The van der Waals surface area contributed by atoms with Crippen LogP contribution in [0.25, 0.3) is 0 Å². The predicted molar refractivity (Wildman–Crippen MR) is 78.5 cm³/mol. The molecule has 3 N–H and O–H groups in total. The molecule has 0 unspecified atom stereocenters. The largest absolute Gasteiger partial charge is 0.409 e. The zero-order valence-electron chi connectivity index (χ0n) is 12.5. The number of nitrogens with zero attached hydrogens (tertiary/aromatic N) is 2. The molecule has 0 aromatic heterocycles. The Morgan fingerprint density at radius 2 is 1.90 bits per heavy atom. The lowest BCUT2D eigenvalue weighted by Gasteiger charge is -2.39. The third-order valence-electron chi connectivity index (χ3n) is 5.13. The molecule has 1 heterocycles. The van der Waals surface area contributed by atoms with Gasteiger partial charge in [0.2, 0.25) is 5.91 Å². The van der Waals surface area contributed by atoms with E-state index in [0.717, 1.165) is 25.9 Å². The normalized spacial score (nSPS) is 24.6. The molecule has 0 spiro atoms. The lowest BCUT2D eigenvalue weighted by Crippen LogP contribution is -2.47. The van der Waals surface area contributed by atoms with Crippen molar-refractivity contribution in [2.45, 2.75) is 58.3 Å². The molecule has 0 radical (unpaired) electrons. The monoisotopic (exact) mass is 281 g/mol. The van der Waals surface area contributed by atoms with Crippen molar-refractivity contribution < 1.29 is 10.0 Å². The summed E-state index contributed by atoms with van der Waals surface area (Å²) in [6.45, 7) is 3.45. The quantitative estimate of drug-likeness (QED) is 0.361. The Labute approximate surface area is 121 Å². The van der Waals surface area contributed by atoms with Gasteiger partial charge in [0.1, 0.15) is 5.84 Å². The molecule has 1 aliphatic carbocycles. The van der Waals surface area contributed by atoms with E-state index < -0.39 is 0 Å². The van der Waals surface area contributed by atoms with E-state index >= 15 is 0 Å². The molecule has 0 bridgehead atoms. The molecule has 1 aliphatic heterocycles. The number of carbonyl (C=O) groups is 1. The Morgan fingerprint density at radius 3 is 2.45 bits per heavy atom. The fraction of sp³-hybridized carbons (Fsp3) is 0.867. The summed E-state index contributed by atoms with van der Waals surface area (Å²) in [7, 11) is 0. The van der Waals surface area contributed by atoms with Crippen LogP contribution < -0.4 is 5.73 Å². The van der Waals surface area contributed by atoms with Gasteiger partial charge in [-0.25, -0.2) is 0 Å². The van der Waals surface area contributed by atoms with E-state index in [0.29, 0.717) is 18.2 Å². The minimum absolute atomic E-state index is 0.267. The van der Waals surface area contributed by atoms with E-state index in [4.69, 9.17) is 10.9 Å². The molecule has 114 valence electrons. The van der Waals surface area contributed by atoms with Crippen LogP contribution in [0.3, 0.4) is 0 Å². The smallest absolute Gasteiger partial charge is 0.222 e. The summed E-state index contributed by atoms with van der Waals surface area (Å²) in [5, 5.41) is 12.0. The van der Waals surface area contributed by atoms with E-state index in [9.17, 15) is 4.79 Å². The highest BCUT2D eigenvalue weighted by molar-refractivity contribution is 5.86. The summed E-state index contributed by atoms with van der Waals surface area (Å²) in [5.41, 5.74) is 5.48. The van der Waals surface area contributed by atoms with Crippen molar-refractivity contribution in [1.82, 2.24) is 4.90 Å². The third-order valence-corrected chi connectivity index (χ3v) is 5.13. The Hall–Kier alpha value is -1.26. The summed E-state index contributed by atoms with van der Waals surface area (Å²) in [4.78, 5) is 14.3. The summed E-state index contributed by atoms with van der Waals surface area (Å²) >= 11 is 0. The van der Waals surface area contributed by atoms with Crippen LogP contribution in [0, 0.1) is 11.3 Å². The van der Waals surface area contributed by atoms with Crippen molar-refractivity contribution >= 4 is 11.7 Å². The summed E-state index contributed by atoms with van der Waals surface area (Å²) < 4.78 is 0. The standard InChI is InChI=1S/C15H27N3O2/c1-15(14(16)17-20)7-9-18(10-8-15)13(19)11-12-5-3-2-4-6-12/h12,20H,2-11H2,1H3,(H2,16,17). The van der Waals surface area contributed by atoms with Gasteiger partial charge in [0.25, 0.3) is 0 Å². The number of nitrogens with two attached hydrogens (primary N) is 1. The first-order valence-corrected chi connectivity index (χ1v) is 7.81. The number of likely N-dealkylation sites (tertiary alicyclic amines) is 1. The average Bonchev–Trinajstić information content (AvgIpc) is 2.48. The molecular formula is C15H27N3O2. The van der Waals surface area contributed by atoms with Gasteiger partial charge >= 0.3 is 0 Å². The van der Waals surface area contributed by atoms with Crippen molar-refractivity contribution in [1.29, 1.82) is 0 Å². The maximum Gasteiger partial charge on any atom is 0.222 e. The van der Waals surface area contributed by atoms with Gasteiger partial charge in [-0.1, -0.05) is 31.3 Å². The Kier molecular flexibility index (Phi) is 4.89. The Bertz CT molecular complexity index is 367. The van der Waals surface area contributed by atoms with Crippen molar-refractivity contribution in [3.05, 3.63) is 0 Å². The minimum Gasteiger partial charge on any atom is -0.409 e. The van der Waals surface area contributed by atoms with Crippen LogP contribution in [0.2, 0.25) is 0 Å². The number of amides is 1. The second-order valence-corrected chi connectivity index (χ2v) is 6.63. The van der Waals surface area contributed by atoms with E-state index in [1.807, 2.05) is 11.8 Å². The summed E-state index contributed by atoms with van der Waals surface area (Å²) in [6.07, 6.45) is 8.56. The van der Waals surface area contributed by atoms with Gasteiger partial charge in [-0.05, 0) is 31.6 Å². The topological polar surface area (TPSA) is 78.9 Å². The molecule has 0 atom stereocenters. The number of hydrogen-bond donors (Lipinski definition) is 2. The Balaban J connectivity index is 1.82. The lowest BCUT2D eigenvalue weighted by atomic mass is 9.79. The van der Waals surface area contributed by atoms with Gasteiger partial charge in [-0.2, -0.15) is 0 Å². The first kappa shape index (κ1) is 15.1. The Morgan fingerprint density at radius 1 is 1.30 bits per heavy atom. The molecule has 20 heavy (non-hydrogen) atoms. The zero-order valence-corrected chi connectivity index (χ0v) is 12.5. The summed E-state index contributed by atoms with van der Waals surface area (Å²) in [6, 6.07) is 0. The van der Waals surface area contributed by atoms with Gasteiger partial charge in [0, 0.05) is 24.9 Å². The molecule has 2 rings (SSSR count). The third kappa shape index (κ3) is 3.44. The zero-order chi connectivity index (χ0) is 14.6. The molecule has 0 aromatic carbocycles. The highest BCUT2D eigenvalue weighted by Gasteiger charge is 2.35. The van der Waals surface area contributed by atoms with Crippen molar-refractivity contribution in [2.75, 3.05) is 13.1 Å². The van der Waals surface area contributed by atoms with Crippen LogP contribution in [0.5, 0.6) is 0 Å². The summed E-state index contributed by atoms with van der Waals surface area (Å²) in [5.74, 6) is 1.17. The van der Waals surface area contributed by atoms with Gasteiger partial charge in [0.05, 0.1) is 0 Å². The van der Waals surface area contributed by atoms with E-state index in [-0.39, 0.29) is 11.3 Å². The first-order chi connectivity index (χ1) is 9.55. The molecule has 1 saturated carbocycles. The van der Waals surface area contributed by atoms with Crippen LogP contribution in [0.1, 0.15) is 58.3 Å². The fourth-order valence-corrected chi connectivity index (χ4v) is 3.39. The SMILES string of the molecule is CC1(C(N)=NO)CCN(C(=O)CC2CCCCC2)CC1. The van der Waals surface area contributed by atoms with Crippen LogP contribution in [-0.2, 0) is 4.79 Å². The predicted octanol–water partition coefficient (Wildman–Crippen LogP) is 2.33. The van der Waals surface area contributed by atoms with Gasteiger partial charge in [0.15, 0.2) is 0 Å². The molecule has 5 heteroatoms. The van der Waals surface area contributed by atoms with Gasteiger partial charge in [-0.3, -0.25) is 4.79 Å². The maximum atomic E-state index is 12.3. The number of carbonyl (C=O) groups excluding carboxylic acids is 1. The van der Waals surface area contributed by atoms with Gasteiger partial charge < -0.3 is 15.8 Å². The van der Waals surface area contributed by atoms with E-state index in [1.165, 1.54) is 32.1 Å². The second-order valence-electron chi connectivity index (χ2n) is 6.63. The second kappa shape index (κ2) is 6.46. The number of rotatable bonds is 3. The maximum absolute atomic E-state index is 12.3. The van der Waals surface area contributed by atoms with E-state index in [1.54, 1.807) is 0 Å². The van der Waals surface area contributed by atoms with E-state index in [2.05, 4.69) is 5.16 Å². The molecule has 5 nitrogen and oxygen atoms in total. The molecule has 1 saturated heterocycles. The molecule has 1 amide bonds. The fourth-order valence-electron chi connectivity index (χ4n) is 3.39. The molecular weight excluding hydrogens is 254 g/mol. The highest BCUT2D eigenvalue weighted by atomic mass is 16.4. The van der Waals surface area contributed by atoms with Gasteiger partial charge in [-0.15, -0.1) is 0 Å². The molecule has 0 aromatic rings. The number of piperidine rings is 1. The van der Waals surface area contributed by atoms with Crippen LogP contribution in [-0.4, -0.2) is 34.9 Å². The number of amidine groups is 1. The van der Waals surface area contributed by atoms with Crippen LogP contribution in [0.15, 0.2) is 5.16 Å². The lowest BCUT2D eigenvalue weighted by molar-refractivity contribution is -0.134. The first-order valence-electron chi connectivity index (χ1n) is 7.81. The van der Waals surface area contributed by atoms with Crippen molar-refractivity contribution in [3.8, 4) is 0 Å². The number of oxime groups is 1. The number of hydrogen-bond acceptors (Lipinski definition) is 3. The molecule has 2 fully saturated rings. The minimum atomic E-state index is -0.267. The molecule has 2 aliphatic rings. The highest BCUT2D eigenvalue weighted by Crippen LogP contribution is 2.32. The van der Waals surface area contributed by atoms with Crippen LogP contribution >= 0.6 is 0 Å². The average molecular weight is 281 g/mol. The van der Waals surface area contributed by atoms with Crippen LogP contribution in [0.4, 0.5) is 0 Å². The van der Waals surface area contributed by atoms with Crippen molar-refractivity contribution in [3.63, 3.8) is 0 Å².